The largest absolute Gasteiger partial charge is 0.439 e. The fraction of sp³-hybridized carbons (Fsp3) is 0.0909. The molecule has 0 atom stereocenters. The summed E-state index contributed by atoms with van der Waals surface area (Å²) in [6.45, 7) is 0.140. The highest BCUT2D eigenvalue weighted by Crippen LogP contribution is 2.01. The fourth-order valence-corrected chi connectivity index (χ4v) is 1.16. The zero-order chi connectivity index (χ0) is 10.5. The van der Waals surface area contributed by atoms with Crippen LogP contribution in [0.3, 0.4) is 0 Å². The van der Waals surface area contributed by atoms with Gasteiger partial charge in [0.25, 0.3) is 0 Å². The van der Waals surface area contributed by atoms with Crippen LogP contribution in [0.25, 0.3) is 0 Å². The van der Waals surface area contributed by atoms with Crippen molar-refractivity contribution >= 4 is 5.97 Å². The van der Waals surface area contributed by atoms with Crippen molar-refractivity contribution in [2.75, 3.05) is 0 Å². The third-order valence-electron chi connectivity index (χ3n) is 1.90. The molecule has 4 heteroatoms. The van der Waals surface area contributed by atoms with Crippen LogP contribution in [-0.4, -0.2) is 15.7 Å². The predicted molar refractivity (Wildman–Crippen MR) is 54.1 cm³/mol. The Morgan fingerprint density at radius 3 is 2.73 bits per heavy atom. The van der Waals surface area contributed by atoms with Crippen molar-refractivity contribution in [2.45, 2.75) is 6.73 Å². The van der Waals surface area contributed by atoms with E-state index in [0.29, 0.717) is 5.56 Å². The third kappa shape index (κ3) is 2.43. The Balaban J connectivity index is 1.94. The van der Waals surface area contributed by atoms with Gasteiger partial charge in [0.1, 0.15) is 0 Å². The first kappa shape index (κ1) is 9.45. The predicted octanol–water partition coefficient (Wildman–Crippen LogP) is 1.70. The van der Waals surface area contributed by atoms with Crippen LogP contribution in [0.5, 0.6) is 0 Å². The SMILES string of the molecule is O=C(OCn1cccn1)c1ccccc1. The third-order valence-corrected chi connectivity index (χ3v) is 1.90. The van der Waals surface area contributed by atoms with Gasteiger partial charge < -0.3 is 4.74 Å². The first-order valence-electron chi connectivity index (χ1n) is 4.56. The topological polar surface area (TPSA) is 44.1 Å². The molecule has 1 aromatic heterocycles. The van der Waals surface area contributed by atoms with Crippen molar-refractivity contribution in [1.29, 1.82) is 0 Å². The number of ether oxygens (including phenoxy) is 1. The first-order chi connectivity index (χ1) is 7.36. The fourth-order valence-electron chi connectivity index (χ4n) is 1.16. The van der Waals surface area contributed by atoms with E-state index in [1.54, 1.807) is 47.4 Å². The Bertz CT molecular complexity index is 423. The lowest BCUT2D eigenvalue weighted by molar-refractivity contribution is 0.0350. The number of aromatic nitrogens is 2. The molecule has 0 aliphatic rings. The normalized spacial score (nSPS) is 9.87. The van der Waals surface area contributed by atoms with Crippen molar-refractivity contribution < 1.29 is 9.53 Å². The van der Waals surface area contributed by atoms with Crippen molar-refractivity contribution in [2.24, 2.45) is 0 Å². The average molecular weight is 202 g/mol. The zero-order valence-corrected chi connectivity index (χ0v) is 8.04. The standard InChI is InChI=1S/C11H10N2O2/c14-11(10-5-2-1-3-6-10)15-9-13-8-4-7-12-13/h1-8H,9H2. The number of rotatable bonds is 3. The van der Waals surface area contributed by atoms with Gasteiger partial charge in [-0.2, -0.15) is 5.10 Å². The molecule has 2 rings (SSSR count). The second-order valence-electron chi connectivity index (χ2n) is 2.97. The molecule has 0 N–H and O–H groups in total. The van der Waals surface area contributed by atoms with Crippen LogP contribution in [0, 0.1) is 0 Å². The second kappa shape index (κ2) is 4.41. The zero-order valence-electron chi connectivity index (χ0n) is 8.04. The minimum Gasteiger partial charge on any atom is -0.439 e. The molecule has 0 saturated heterocycles. The van der Waals surface area contributed by atoms with Gasteiger partial charge >= 0.3 is 5.97 Å². The number of hydrogen-bond acceptors (Lipinski definition) is 3. The van der Waals surface area contributed by atoms with E-state index in [1.165, 1.54) is 0 Å². The van der Waals surface area contributed by atoms with E-state index >= 15 is 0 Å². The van der Waals surface area contributed by atoms with Crippen LogP contribution < -0.4 is 0 Å². The molecular weight excluding hydrogens is 192 g/mol. The van der Waals surface area contributed by atoms with Crippen LogP contribution in [0.15, 0.2) is 48.8 Å². The molecule has 0 aliphatic carbocycles. The van der Waals surface area contributed by atoms with Gasteiger partial charge in [-0.25, -0.2) is 9.48 Å². The van der Waals surface area contributed by atoms with Gasteiger partial charge in [-0.15, -0.1) is 0 Å². The lowest BCUT2D eigenvalue weighted by Crippen LogP contribution is -2.09. The highest BCUT2D eigenvalue weighted by atomic mass is 16.5. The van der Waals surface area contributed by atoms with E-state index in [9.17, 15) is 4.79 Å². The first-order valence-corrected chi connectivity index (χ1v) is 4.56. The van der Waals surface area contributed by atoms with Crippen LogP contribution in [0.2, 0.25) is 0 Å². The number of carbonyl (C=O) groups excluding carboxylic acids is 1. The lowest BCUT2D eigenvalue weighted by atomic mass is 10.2. The molecule has 0 amide bonds. The molecule has 0 fully saturated rings. The number of nitrogens with zero attached hydrogens (tertiary/aromatic N) is 2. The summed E-state index contributed by atoms with van der Waals surface area (Å²) >= 11 is 0. The molecule has 0 spiro atoms. The minimum atomic E-state index is -0.342. The van der Waals surface area contributed by atoms with Gasteiger partial charge in [-0.1, -0.05) is 18.2 Å². The Labute approximate surface area is 87.1 Å². The summed E-state index contributed by atoms with van der Waals surface area (Å²) in [4.78, 5) is 11.5. The summed E-state index contributed by atoms with van der Waals surface area (Å²) in [5.74, 6) is -0.342. The molecule has 1 heterocycles. The van der Waals surface area contributed by atoms with Gasteiger partial charge in [0.05, 0.1) is 5.56 Å². The number of benzene rings is 1. The quantitative estimate of drug-likeness (QED) is 0.711. The summed E-state index contributed by atoms with van der Waals surface area (Å²) in [5, 5.41) is 3.92. The van der Waals surface area contributed by atoms with Crippen molar-refractivity contribution in [3.05, 3.63) is 54.4 Å². The molecule has 0 unspecified atom stereocenters. The van der Waals surface area contributed by atoms with E-state index in [1.807, 2.05) is 6.07 Å². The highest BCUT2D eigenvalue weighted by molar-refractivity contribution is 5.89. The molecule has 0 bridgehead atoms. The summed E-state index contributed by atoms with van der Waals surface area (Å²) in [5.41, 5.74) is 0.546. The number of carbonyl (C=O) groups is 1. The van der Waals surface area contributed by atoms with Crippen LogP contribution >= 0.6 is 0 Å². The van der Waals surface area contributed by atoms with Gasteiger partial charge in [-0.05, 0) is 18.2 Å². The smallest absolute Gasteiger partial charge is 0.339 e. The van der Waals surface area contributed by atoms with Gasteiger partial charge in [0.15, 0.2) is 6.73 Å². The minimum absolute atomic E-state index is 0.140. The van der Waals surface area contributed by atoms with Crippen LogP contribution in [0.4, 0.5) is 0 Å². The molecule has 0 saturated carbocycles. The van der Waals surface area contributed by atoms with Gasteiger partial charge in [-0.3, -0.25) is 0 Å². The van der Waals surface area contributed by atoms with Crippen LogP contribution in [0.1, 0.15) is 10.4 Å². The van der Waals surface area contributed by atoms with Crippen molar-refractivity contribution in [3.63, 3.8) is 0 Å². The number of hydrogen-bond donors (Lipinski definition) is 0. The molecular formula is C11H10N2O2. The second-order valence-corrected chi connectivity index (χ2v) is 2.97. The highest BCUT2D eigenvalue weighted by Gasteiger charge is 2.05. The van der Waals surface area contributed by atoms with Crippen LogP contribution in [-0.2, 0) is 11.5 Å². The molecule has 76 valence electrons. The summed E-state index contributed by atoms with van der Waals surface area (Å²) < 4.78 is 6.58. The van der Waals surface area contributed by atoms with E-state index in [2.05, 4.69) is 5.10 Å². The lowest BCUT2D eigenvalue weighted by Gasteiger charge is -2.04. The maximum atomic E-state index is 11.5. The maximum Gasteiger partial charge on any atom is 0.339 e. The maximum absolute atomic E-state index is 11.5. The summed E-state index contributed by atoms with van der Waals surface area (Å²) in [6.07, 6.45) is 3.37. The average Bonchev–Trinajstić information content (AvgIpc) is 2.80. The van der Waals surface area contributed by atoms with Gasteiger partial charge in [0, 0.05) is 12.4 Å². The summed E-state index contributed by atoms with van der Waals surface area (Å²) in [6, 6.07) is 10.6. The Kier molecular flexibility index (Phi) is 2.78. The van der Waals surface area contributed by atoms with Crippen molar-refractivity contribution in [1.82, 2.24) is 9.78 Å². The molecule has 0 aliphatic heterocycles. The molecule has 2 aromatic rings. The Hall–Kier alpha value is -2.10. The molecule has 1 aromatic carbocycles. The van der Waals surface area contributed by atoms with E-state index < -0.39 is 0 Å². The van der Waals surface area contributed by atoms with Gasteiger partial charge in [0.2, 0.25) is 0 Å². The molecule has 4 nitrogen and oxygen atoms in total. The van der Waals surface area contributed by atoms with Crippen molar-refractivity contribution in [3.8, 4) is 0 Å². The molecule has 0 radical (unpaired) electrons. The van der Waals surface area contributed by atoms with E-state index in [4.69, 9.17) is 4.74 Å². The Morgan fingerprint density at radius 1 is 1.27 bits per heavy atom. The van der Waals surface area contributed by atoms with E-state index in [0.717, 1.165) is 0 Å². The summed E-state index contributed by atoms with van der Waals surface area (Å²) in [7, 11) is 0. The Morgan fingerprint density at radius 2 is 2.07 bits per heavy atom. The monoisotopic (exact) mass is 202 g/mol. The number of esters is 1. The van der Waals surface area contributed by atoms with E-state index in [-0.39, 0.29) is 12.7 Å². The molecule has 15 heavy (non-hydrogen) atoms.